The van der Waals surface area contributed by atoms with E-state index in [9.17, 15) is 4.79 Å². The molecule has 7 heteroatoms. The minimum absolute atomic E-state index is 0.108. The molecule has 4 rings (SSSR count). The summed E-state index contributed by atoms with van der Waals surface area (Å²) in [7, 11) is 1.44. The van der Waals surface area contributed by atoms with Gasteiger partial charge < -0.3 is 9.64 Å². The smallest absolute Gasteiger partial charge is 0.310 e. The van der Waals surface area contributed by atoms with Crippen molar-refractivity contribution in [1.82, 2.24) is 19.8 Å². The number of fused-ring (bicyclic) bond motifs is 1. The number of esters is 1. The molecule has 1 saturated heterocycles. The van der Waals surface area contributed by atoms with E-state index in [0.29, 0.717) is 18.0 Å². The fourth-order valence-electron chi connectivity index (χ4n) is 3.37. The van der Waals surface area contributed by atoms with Crippen molar-refractivity contribution in [3.63, 3.8) is 0 Å². The summed E-state index contributed by atoms with van der Waals surface area (Å²) in [4.78, 5) is 14.0. The molecule has 0 aliphatic carbocycles. The second-order valence-electron chi connectivity index (χ2n) is 6.66. The zero-order valence-corrected chi connectivity index (χ0v) is 14.9. The van der Waals surface area contributed by atoms with E-state index in [1.807, 2.05) is 36.4 Å². The van der Waals surface area contributed by atoms with E-state index >= 15 is 0 Å². The van der Waals surface area contributed by atoms with E-state index in [-0.39, 0.29) is 11.9 Å². The average molecular weight is 351 g/mol. The number of piperidine rings is 1. The zero-order chi connectivity index (χ0) is 18.1. The highest BCUT2D eigenvalue weighted by atomic mass is 16.5. The number of ether oxygens (including phenoxy) is 1. The van der Waals surface area contributed by atoms with Gasteiger partial charge >= 0.3 is 5.97 Å². The maximum Gasteiger partial charge on any atom is 0.310 e. The molecule has 0 radical (unpaired) electrons. The van der Waals surface area contributed by atoms with Crippen molar-refractivity contribution in [3.05, 3.63) is 42.0 Å². The van der Waals surface area contributed by atoms with Crippen LogP contribution >= 0.6 is 0 Å². The lowest BCUT2D eigenvalue weighted by Gasteiger charge is -2.32. The van der Waals surface area contributed by atoms with Gasteiger partial charge in [-0.15, -0.1) is 15.3 Å². The van der Waals surface area contributed by atoms with Gasteiger partial charge in [-0.3, -0.25) is 4.79 Å². The molecule has 3 heterocycles. The molecule has 134 valence electrons. The van der Waals surface area contributed by atoms with Crippen molar-refractivity contribution in [1.29, 1.82) is 0 Å². The molecule has 26 heavy (non-hydrogen) atoms. The summed E-state index contributed by atoms with van der Waals surface area (Å²) in [5.74, 6) is 1.27. The third-order valence-corrected chi connectivity index (χ3v) is 4.84. The molecule has 1 atom stereocenters. The molecule has 7 nitrogen and oxygen atoms in total. The molecule has 0 N–H and O–H groups in total. The summed E-state index contributed by atoms with van der Waals surface area (Å²) in [6, 6.07) is 12.0. The molecule has 3 aromatic rings. The van der Waals surface area contributed by atoms with Crippen LogP contribution in [-0.4, -0.2) is 46.0 Å². The van der Waals surface area contributed by atoms with Crippen LogP contribution < -0.4 is 4.90 Å². The Morgan fingerprint density at radius 1 is 1.15 bits per heavy atom. The van der Waals surface area contributed by atoms with E-state index in [2.05, 4.69) is 22.0 Å². The largest absolute Gasteiger partial charge is 0.469 e. The Hall–Kier alpha value is -2.96. The number of benzene rings is 1. The zero-order valence-electron chi connectivity index (χ0n) is 14.9. The number of nitrogens with zero attached hydrogens (tertiary/aromatic N) is 5. The number of anilines is 1. The normalized spacial score (nSPS) is 17.5. The second kappa shape index (κ2) is 6.74. The fraction of sp³-hybridized carbons (Fsp3) is 0.368. The van der Waals surface area contributed by atoms with E-state index in [1.165, 1.54) is 12.7 Å². The topological polar surface area (TPSA) is 72.6 Å². The molecule has 1 fully saturated rings. The van der Waals surface area contributed by atoms with Gasteiger partial charge in [0.05, 0.1) is 13.0 Å². The summed E-state index contributed by atoms with van der Waals surface area (Å²) in [5.41, 5.74) is 2.86. The van der Waals surface area contributed by atoms with Crippen LogP contribution in [0.4, 0.5) is 5.82 Å². The number of aromatic nitrogens is 4. The highest BCUT2D eigenvalue weighted by molar-refractivity contribution is 5.73. The van der Waals surface area contributed by atoms with Crippen LogP contribution in [-0.2, 0) is 9.53 Å². The molecule has 1 aliphatic heterocycles. The maximum absolute atomic E-state index is 11.9. The molecule has 1 unspecified atom stereocenters. The predicted molar refractivity (Wildman–Crippen MR) is 97.9 cm³/mol. The van der Waals surface area contributed by atoms with Crippen molar-refractivity contribution in [2.45, 2.75) is 19.8 Å². The minimum Gasteiger partial charge on any atom is -0.469 e. The summed E-state index contributed by atoms with van der Waals surface area (Å²) in [5, 5.41) is 13.3. The van der Waals surface area contributed by atoms with Gasteiger partial charge in [0.25, 0.3) is 0 Å². The van der Waals surface area contributed by atoms with E-state index in [1.54, 1.807) is 4.52 Å². The first kappa shape index (κ1) is 16.5. The van der Waals surface area contributed by atoms with Gasteiger partial charge in [0.1, 0.15) is 5.82 Å². The van der Waals surface area contributed by atoms with Gasteiger partial charge in [-0.1, -0.05) is 29.8 Å². The first-order valence-corrected chi connectivity index (χ1v) is 8.78. The highest BCUT2D eigenvalue weighted by Gasteiger charge is 2.27. The van der Waals surface area contributed by atoms with Gasteiger partial charge in [-0.2, -0.15) is 4.52 Å². The van der Waals surface area contributed by atoms with Crippen LogP contribution in [0, 0.1) is 12.8 Å². The highest BCUT2D eigenvalue weighted by Crippen LogP contribution is 2.24. The fourth-order valence-corrected chi connectivity index (χ4v) is 3.37. The van der Waals surface area contributed by atoms with Gasteiger partial charge in [0, 0.05) is 18.7 Å². The van der Waals surface area contributed by atoms with Crippen molar-refractivity contribution in [2.75, 3.05) is 25.1 Å². The van der Waals surface area contributed by atoms with Crippen molar-refractivity contribution in [2.24, 2.45) is 5.92 Å². The maximum atomic E-state index is 11.9. The van der Waals surface area contributed by atoms with Gasteiger partial charge in [-0.25, -0.2) is 0 Å². The molecular weight excluding hydrogens is 330 g/mol. The Balaban J connectivity index is 1.68. The number of rotatable bonds is 3. The summed E-state index contributed by atoms with van der Waals surface area (Å²) in [6.07, 6.45) is 1.79. The second-order valence-corrected chi connectivity index (χ2v) is 6.66. The first-order valence-electron chi connectivity index (χ1n) is 8.78. The standard InChI is InChI=1S/C19H21N5O2/c1-13-5-7-14(8-6-13)18-21-20-16-9-10-17(22-24(16)18)23-11-3-4-15(12-23)19(25)26-2/h5-10,15H,3-4,11-12H2,1-2H3. The Morgan fingerprint density at radius 3 is 2.73 bits per heavy atom. The monoisotopic (exact) mass is 351 g/mol. The van der Waals surface area contributed by atoms with Crippen LogP contribution in [0.3, 0.4) is 0 Å². The number of carbonyl (C=O) groups is 1. The lowest BCUT2D eigenvalue weighted by Crippen LogP contribution is -2.39. The van der Waals surface area contributed by atoms with Crippen LogP contribution in [0.1, 0.15) is 18.4 Å². The van der Waals surface area contributed by atoms with Crippen LogP contribution in [0.15, 0.2) is 36.4 Å². The Labute approximate surface area is 151 Å². The van der Waals surface area contributed by atoms with E-state index in [0.717, 1.165) is 30.8 Å². The van der Waals surface area contributed by atoms with Gasteiger partial charge in [0.15, 0.2) is 11.5 Å². The predicted octanol–water partition coefficient (Wildman–Crippen LogP) is 2.49. The lowest BCUT2D eigenvalue weighted by molar-refractivity contribution is -0.145. The quantitative estimate of drug-likeness (QED) is 0.675. The lowest BCUT2D eigenvalue weighted by atomic mass is 9.98. The Bertz CT molecular complexity index is 935. The SMILES string of the molecule is COC(=O)C1CCCN(c2ccc3nnc(-c4ccc(C)cc4)n3n2)C1. The number of carbonyl (C=O) groups excluding carboxylic acids is 1. The number of aryl methyl sites for hydroxylation is 1. The van der Waals surface area contributed by atoms with E-state index < -0.39 is 0 Å². The molecule has 0 amide bonds. The number of methoxy groups -OCH3 is 1. The number of hydrogen-bond donors (Lipinski definition) is 0. The molecule has 0 spiro atoms. The molecule has 2 aromatic heterocycles. The Kier molecular flexibility index (Phi) is 4.28. The van der Waals surface area contributed by atoms with Crippen LogP contribution in [0.2, 0.25) is 0 Å². The number of hydrogen-bond acceptors (Lipinski definition) is 6. The first-order chi connectivity index (χ1) is 12.7. The third-order valence-electron chi connectivity index (χ3n) is 4.84. The van der Waals surface area contributed by atoms with E-state index in [4.69, 9.17) is 9.84 Å². The average Bonchev–Trinajstić information content (AvgIpc) is 3.11. The molecule has 1 aliphatic rings. The summed E-state index contributed by atoms with van der Waals surface area (Å²) >= 11 is 0. The third kappa shape index (κ3) is 3.00. The molecular formula is C19H21N5O2. The molecule has 0 saturated carbocycles. The van der Waals surface area contributed by atoms with Crippen molar-refractivity contribution in [3.8, 4) is 11.4 Å². The van der Waals surface area contributed by atoms with Crippen LogP contribution in [0.25, 0.3) is 17.0 Å². The summed E-state index contributed by atoms with van der Waals surface area (Å²) in [6.45, 7) is 3.54. The van der Waals surface area contributed by atoms with Gasteiger partial charge in [0.2, 0.25) is 0 Å². The van der Waals surface area contributed by atoms with Crippen molar-refractivity contribution < 1.29 is 9.53 Å². The minimum atomic E-state index is -0.152. The Morgan fingerprint density at radius 2 is 1.96 bits per heavy atom. The van der Waals surface area contributed by atoms with Crippen LogP contribution in [0.5, 0.6) is 0 Å². The van der Waals surface area contributed by atoms with Crippen molar-refractivity contribution >= 4 is 17.4 Å². The van der Waals surface area contributed by atoms with Gasteiger partial charge in [-0.05, 0) is 31.9 Å². The summed E-state index contributed by atoms with van der Waals surface area (Å²) < 4.78 is 6.67. The molecule has 1 aromatic carbocycles. The molecule has 0 bridgehead atoms.